The van der Waals surface area contributed by atoms with Crippen molar-refractivity contribution in [1.82, 2.24) is 4.31 Å². The molecule has 1 N–H and O–H groups in total. The van der Waals surface area contributed by atoms with Crippen molar-refractivity contribution in [2.24, 2.45) is 0 Å². The number of anilines is 2. The molecule has 2 aromatic carbocycles. The first-order chi connectivity index (χ1) is 14.4. The molecule has 0 radical (unpaired) electrons. The van der Waals surface area contributed by atoms with Gasteiger partial charge in [-0.2, -0.15) is 4.31 Å². The van der Waals surface area contributed by atoms with Gasteiger partial charge in [0, 0.05) is 13.1 Å². The third-order valence-electron chi connectivity index (χ3n) is 5.21. The van der Waals surface area contributed by atoms with E-state index in [9.17, 15) is 18.0 Å². The van der Waals surface area contributed by atoms with Crippen LogP contribution in [0, 0.1) is 0 Å². The maximum Gasteiger partial charge on any atom is 0.265 e. The smallest absolute Gasteiger partial charge is 0.265 e. The second-order valence-electron chi connectivity index (χ2n) is 7.27. The first-order valence-corrected chi connectivity index (χ1v) is 11.3. The number of benzene rings is 2. The highest BCUT2D eigenvalue weighted by atomic mass is 32.2. The summed E-state index contributed by atoms with van der Waals surface area (Å²) in [6.07, 6.45) is 2.80. The van der Waals surface area contributed by atoms with Gasteiger partial charge in [-0.05, 0) is 49.2 Å². The number of piperidine rings is 1. The number of carbonyl (C=O) groups is 2. The van der Waals surface area contributed by atoms with Crippen LogP contribution in [0.25, 0.3) is 0 Å². The predicted octanol–water partition coefficient (Wildman–Crippen LogP) is 2.23. The molecule has 2 heterocycles. The van der Waals surface area contributed by atoms with Gasteiger partial charge < -0.3 is 10.1 Å². The summed E-state index contributed by atoms with van der Waals surface area (Å²) in [4.78, 5) is 26.1. The zero-order chi connectivity index (χ0) is 21.1. The Morgan fingerprint density at radius 2 is 1.70 bits per heavy atom. The Balaban J connectivity index is 1.41. The van der Waals surface area contributed by atoms with Crippen molar-refractivity contribution >= 4 is 33.2 Å². The van der Waals surface area contributed by atoms with Crippen LogP contribution in [0.4, 0.5) is 11.4 Å². The molecule has 1 fully saturated rings. The average Bonchev–Trinajstić information content (AvgIpc) is 2.77. The number of amides is 2. The van der Waals surface area contributed by atoms with Crippen LogP contribution in [0.15, 0.2) is 53.4 Å². The monoisotopic (exact) mass is 429 g/mol. The lowest BCUT2D eigenvalue weighted by atomic mass is 10.2. The van der Waals surface area contributed by atoms with Crippen molar-refractivity contribution in [3.63, 3.8) is 0 Å². The summed E-state index contributed by atoms with van der Waals surface area (Å²) in [6, 6.07) is 13.1. The number of para-hydroxylation sites is 2. The van der Waals surface area contributed by atoms with E-state index in [1.54, 1.807) is 36.4 Å². The van der Waals surface area contributed by atoms with Gasteiger partial charge in [0.2, 0.25) is 15.9 Å². The maximum absolute atomic E-state index is 12.7. The quantitative estimate of drug-likeness (QED) is 0.786. The van der Waals surface area contributed by atoms with Gasteiger partial charge in [0.25, 0.3) is 5.91 Å². The molecular formula is C21H23N3O5S. The van der Waals surface area contributed by atoms with Crippen molar-refractivity contribution in [2.75, 3.05) is 36.5 Å². The van der Waals surface area contributed by atoms with Gasteiger partial charge in [0.1, 0.15) is 12.3 Å². The zero-order valence-electron chi connectivity index (χ0n) is 16.4. The summed E-state index contributed by atoms with van der Waals surface area (Å²) >= 11 is 0. The number of hydrogen-bond acceptors (Lipinski definition) is 5. The van der Waals surface area contributed by atoms with E-state index in [-0.39, 0.29) is 29.9 Å². The molecule has 2 aliphatic heterocycles. The van der Waals surface area contributed by atoms with Crippen LogP contribution in [0.1, 0.15) is 19.3 Å². The summed E-state index contributed by atoms with van der Waals surface area (Å²) in [5, 5.41) is 2.73. The Labute approximate surface area is 175 Å². The van der Waals surface area contributed by atoms with Gasteiger partial charge in [-0.1, -0.05) is 18.6 Å². The fraction of sp³-hybridized carbons (Fsp3) is 0.333. The van der Waals surface area contributed by atoms with Crippen molar-refractivity contribution in [3.8, 4) is 5.75 Å². The van der Waals surface area contributed by atoms with Crippen LogP contribution in [0.3, 0.4) is 0 Å². The summed E-state index contributed by atoms with van der Waals surface area (Å²) in [7, 11) is -3.51. The molecule has 2 amide bonds. The van der Waals surface area contributed by atoms with Crippen LogP contribution in [0.2, 0.25) is 0 Å². The lowest BCUT2D eigenvalue weighted by Crippen LogP contribution is -2.44. The zero-order valence-corrected chi connectivity index (χ0v) is 17.2. The van der Waals surface area contributed by atoms with Crippen LogP contribution in [0.5, 0.6) is 5.75 Å². The van der Waals surface area contributed by atoms with E-state index in [1.807, 2.05) is 0 Å². The summed E-state index contributed by atoms with van der Waals surface area (Å²) < 4.78 is 32.5. The molecule has 4 rings (SSSR count). The highest BCUT2D eigenvalue weighted by Crippen LogP contribution is 2.29. The molecule has 0 aliphatic carbocycles. The second-order valence-corrected chi connectivity index (χ2v) is 9.21. The molecule has 2 aromatic rings. The molecule has 1 saturated heterocycles. The van der Waals surface area contributed by atoms with Crippen molar-refractivity contribution in [1.29, 1.82) is 0 Å². The fourth-order valence-corrected chi connectivity index (χ4v) is 5.16. The standard InChI is InChI=1S/C21H23N3O5S/c25-20-14-24(19-7-3-2-6-18(19)22-20)21(26)15-29-16-8-10-17(11-9-16)30(27,28)23-12-4-1-5-13-23/h2-3,6-11H,1,4-5,12-15H2,(H,22,25). The summed E-state index contributed by atoms with van der Waals surface area (Å²) in [5.41, 5.74) is 1.20. The summed E-state index contributed by atoms with van der Waals surface area (Å²) in [6.45, 7) is 0.742. The summed E-state index contributed by atoms with van der Waals surface area (Å²) in [5.74, 6) is -0.243. The number of sulfonamides is 1. The van der Waals surface area contributed by atoms with Crippen LogP contribution in [-0.4, -0.2) is 50.8 Å². The normalized spacial score (nSPS) is 17.2. The Morgan fingerprint density at radius 3 is 2.43 bits per heavy atom. The van der Waals surface area contributed by atoms with E-state index < -0.39 is 10.0 Å². The average molecular weight is 429 g/mol. The first-order valence-electron chi connectivity index (χ1n) is 9.87. The Kier molecular flexibility index (Phi) is 5.74. The number of fused-ring (bicyclic) bond motifs is 1. The largest absolute Gasteiger partial charge is 0.484 e. The van der Waals surface area contributed by atoms with Crippen molar-refractivity contribution in [2.45, 2.75) is 24.2 Å². The Hall–Kier alpha value is -2.91. The predicted molar refractivity (Wildman–Crippen MR) is 112 cm³/mol. The molecule has 0 saturated carbocycles. The molecule has 8 nitrogen and oxygen atoms in total. The van der Waals surface area contributed by atoms with Crippen LogP contribution >= 0.6 is 0 Å². The minimum Gasteiger partial charge on any atom is -0.484 e. The molecule has 2 aliphatic rings. The lowest BCUT2D eigenvalue weighted by Gasteiger charge is -2.29. The van der Waals surface area contributed by atoms with Crippen molar-refractivity contribution in [3.05, 3.63) is 48.5 Å². The van der Waals surface area contributed by atoms with Gasteiger partial charge in [0.15, 0.2) is 6.61 Å². The van der Waals surface area contributed by atoms with Gasteiger partial charge >= 0.3 is 0 Å². The number of carbonyl (C=O) groups excluding carboxylic acids is 2. The SMILES string of the molecule is O=C1CN(C(=O)COc2ccc(S(=O)(=O)N3CCCCC3)cc2)c2ccccc2N1. The number of ether oxygens (including phenoxy) is 1. The van der Waals surface area contributed by atoms with E-state index in [2.05, 4.69) is 5.32 Å². The number of hydrogen-bond donors (Lipinski definition) is 1. The van der Waals surface area contributed by atoms with E-state index in [0.717, 1.165) is 19.3 Å². The minimum atomic E-state index is -3.51. The fourth-order valence-electron chi connectivity index (χ4n) is 3.64. The number of nitrogens with zero attached hydrogens (tertiary/aromatic N) is 2. The molecule has 30 heavy (non-hydrogen) atoms. The van der Waals surface area contributed by atoms with E-state index in [0.29, 0.717) is 30.2 Å². The molecule has 9 heteroatoms. The minimum absolute atomic E-state index is 0.0772. The third kappa shape index (κ3) is 4.17. The highest BCUT2D eigenvalue weighted by molar-refractivity contribution is 7.89. The maximum atomic E-state index is 12.7. The van der Waals surface area contributed by atoms with E-state index in [1.165, 1.54) is 21.3 Å². The third-order valence-corrected chi connectivity index (χ3v) is 7.12. The molecular weight excluding hydrogens is 406 g/mol. The van der Waals surface area contributed by atoms with Gasteiger partial charge in [-0.3, -0.25) is 14.5 Å². The molecule has 0 unspecified atom stereocenters. The highest BCUT2D eigenvalue weighted by Gasteiger charge is 2.27. The molecule has 0 spiro atoms. The molecule has 0 bridgehead atoms. The second kappa shape index (κ2) is 8.45. The number of nitrogens with one attached hydrogen (secondary N) is 1. The Bertz CT molecular complexity index is 1050. The van der Waals surface area contributed by atoms with E-state index >= 15 is 0 Å². The lowest BCUT2D eigenvalue weighted by molar-refractivity contribution is -0.123. The van der Waals surface area contributed by atoms with Crippen LogP contribution < -0.4 is 15.0 Å². The number of rotatable bonds is 5. The van der Waals surface area contributed by atoms with Gasteiger partial charge in [-0.15, -0.1) is 0 Å². The van der Waals surface area contributed by atoms with Crippen LogP contribution in [-0.2, 0) is 19.6 Å². The van der Waals surface area contributed by atoms with Crippen molar-refractivity contribution < 1.29 is 22.7 Å². The molecule has 0 aromatic heterocycles. The van der Waals surface area contributed by atoms with Gasteiger partial charge in [0.05, 0.1) is 16.3 Å². The first kappa shape index (κ1) is 20.4. The topological polar surface area (TPSA) is 96.0 Å². The van der Waals surface area contributed by atoms with E-state index in [4.69, 9.17) is 4.74 Å². The molecule has 158 valence electrons. The van der Waals surface area contributed by atoms with Gasteiger partial charge in [-0.25, -0.2) is 8.42 Å². The Morgan fingerprint density at radius 1 is 1.00 bits per heavy atom. The molecule has 0 atom stereocenters.